The third-order valence-electron chi connectivity index (χ3n) is 11.0. The van der Waals surface area contributed by atoms with Crippen LogP contribution in [0.2, 0.25) is 0 Å². The fourth-order valence-corrected chi connectivity index (χ4v) is 8.44. The normalized spacial score (nSPS) is 15.3. The molecule has 0 fully saturated rings. The van der Waals surface area contributed by atoms with Crippen molar-refractivity contribution in [2.45, 2.75) is 64.6 Å². The molecule has 6 aromatic carbocycles. The summed E-state index contributed by atoms with van der Waals surface area (Å²) in [6.07, 6.45) is 0. The molecule has 0 bridgehead atoms. The van der Waals surface area contributed by atoms with E-state index in [0.717, 1.165) is 67.1 Å². The van der Waals surface area contributed by atoms with E-state index in [-0.39, 0.29) is 35.3 Å². The van der Waals surface area contributed by atoms with Crippen molar-refractivity contribution in [3.8, 4) is 23.0 Å². The number of carbonyl (C=O) groups is 2. The molecule has 0 unspecified atom stereocenters. The lowest BCUT2D eigenvalue weighted by atomic mass is 9.74. The van der Waals surface area contributed by atoms with E-state index in [0.29, 0.717) is 11.1 Å². The molecule has 0 aromatic heterocycles. The third kappa shape index (κ3) is 5.40. The summed E-state index contributed by atoms with van der Waals surface area (Å²) in [5.41, 5.74) is 7.29. The number of phenolic OH excluding ortho intramolecular Hbond substituents is 2. The van der Waals surface area contributed by atoms with E-state index in [1.54, 1.807) is 18.2 Å². The Hall–Kier alpha value is -6.34. The summed E-state index contributed by atoms with van der Waals surface area (Å²) in [6, 6.07) is 37.9. The first kappa shape index (κ1) is 35.7. The molecule has 55 heavy (non-hydrogen) atoms. The van der Waals surface area contributed by atoms with Crippen molar-refractivity contribution in [3.63, 3.8) is 0 Å². The number of fused-ring (bicyclic) bond motifs is 7. The van der Waals surface area contributed by atoms with Gasteiger partial charge in [0.2, 0.25) is 0 Å². The van der Waals surface area contributed by atoms with Gasteiger partial charge in [-0.2, -0.15) is 0 Å². The monoisotopic (exact) mass is 730 g/mol. The summed E-state index contributed by atoms with van der Waals surface area (Å²) in [7, 11) is 0. The molecule has 3 heterocycles. The highest BCUT2D eigenvalue weighted by molar-refractivity contribution is 5.97. The van der Waals surface area contributed by atoms with Crippen LogP contribution in [0.5, 0.6) is 23.0 Å². The smallest absolute Gasteiger partial charge is 0.340 e. The van der Waals surface area contributed by atoms with Crippen LogP contribution in [-0.4, -0.2) is 22.2 Å². The summed E-state index contributed by atoms with van der Waals surface area (Å²) in [6.45, 7) is 12.0. The Morgan fingerprint density at radius 1 is 0.473 bits per heavy atom. The summed E-state index contributed by atoms with van der Waals surface area (Å²) >= 11 is 0. The number of carbonyl (C=O) groups excluding carboxylic acids is 2. The standard InChI is InChI=1S/C28H30O4.C20H12O3/c1-15(2)20-13-23(17(5)11-25(20)29)28(22-10-8-7-9-19(22)27(31)32-28)24-14-21(16(3)4)26(30)12-18(24)6;21-19-13-7-1-2-8-14(13)20(23-19)15-9-3-5-11-17(15)22-18-12-6-4-10-16(18)20/h7-16,29-30H,1-6H3;1-12H. The van der Waals surface area contributed by atoms with Gasteiger partial charge in [0.1, 0.15) is 23.0 Å². The van der Waals surface area contributed by atoms with Gasteiger partial charge in [-0.05, 0) is 96.5 Å². The fourth-order valence-electron chi connectivity index (χ4n) is 8.44. The zero-order valence-corrected chi connectivity index (χ0v) is 31.6. The lowest BCUT2D eigenvalue weighted by Gasteiger charge is -2.36. The van der Waals surface area contributed by atoms with Crippen LogP contribution in [0.4, 0.5) is 0 Å². The Labute approximate surface area is 320 Å². The molecule has 9 rings (SSSR count). The first-order valence-electron chi connectivity index (χ1n) is 18.6. The van der Waals surface area contributed by atoms with Crippen LogP contribution >= 0.6 is 0 Å². The second kappa shape index (κ2) is 13.2. The van der Waals surface area contributed by atoms with Crippen molar-refractivity contribution >= 4 is 11.9 Å². The minimum absolute atomic E-state index is 0.0888. The van der Waals surface area contributed by atoms with Crippen LogP contribution in [-0.2, 0) is 20.7 Å². The topological polar surface area (TPSA) is 102 Å². The van der Waals surface area contributed by atoms with Gasteiger partial charge in [0.05, 0.1) is 11.1 Å². The number of hydrogen-bond donors (Lipinski definition) is 2. The number of esters is 2. The number of aromatic hydroxyl groups is 2. The zero-order valence-electron chi connectivity index (χ0n) is 31.6. The van der Waals surface area contributed by atoms with E-state index < -0.39 is 11.2 Å². The predicted molar refractivity (Wildman–Crippen MR) is 210 cm³/mol. The van der Waals surface area contributed by atoms with Crippen molar-refractivity contribution in [1.82, 2.24) is 0 Å². The van der Waals surface area contributed by atoms with E-state index in [1.165, 1.54) is 0 Å². The Morgan fingerprint density at radius 3 is 1.22 bits per heavy atom. The second-order valence-corrected chi connectivity index (χ2v) is 15.1. The maximum atomic E-state index is 13.1. The number of aryl methyl sites for hydroxylation is 2. The number of ether oxygens (including phenoxy) is 3. The van der Waals surface area contributed by atoms with Gasteiger partial charge < -0.3 is 24.4 Å². The van der Waals surface area contributed by atoms with Crippen LogP contribution in [0.15, 0.2) is 121 Å². The van der Waals surface area contributed by atoms with Crippen LogP contribution in [0.3, 0.4) is 0 Å². The SMILES string of the molecule is Cc1cc(O)c(C(C)C)cc1C1(c2cc(C(C)C)c(O)cc2C)OC(=O)c2ccccc21.O=C1OC2(c3ccccc3Oc3ccccc32)c2ccccc21. The molecule has 0 aliphatic carbocycles. The minimum Gasteiger partial charge on any atom is -0.508 e. The molecule has 3 aliphatic rings. The number of rotatable bonds is 4. The van der Waals surface area contributed by atoms with Gasteiger partial charge in [-0.3, -0.25) is 0 Å². The molecule has 3 aliphatic heterocycles. The molecule has 7 heteroatoms. The van der Waals surface area contributed by atoms with Gasteiger partial charge >= 0.3 is 11.9 Å². The highest BCUT2D eigenvalue weighted by atomic mass is 16.6. The van der Waals surface area contributed by atoms with E-state index in [2.05, 4.69) is 0 Å². The second-order valence-electron chi connectivity index (χ2n) is 15.1. The van der Waals surface area contributed by atoms with E-state index in [9.17, 15) is 19.8 Å². The lowest BCUT2D eigenvalue weighted by molar-refractivity contribution is 0.0221. The molecule has 0 amide bonds. The Morgan fingerprint density at radius 2 is 0.818 bits per heavy atom. The zero-order chi connectivity index (χ0) is 38.8. The molecule has 1 spiro atoms. The van der Waals surface area contributed by atoms with Crippen molar-refractivity contribution in [2.75, 3.05) is 0 Å². The first-order valence-corrected chi connectivity index (χ1v) is 18.6. The van der Waals surface area contributed by atoms with Crippen LogP contribution in [0.1, 0.15) is 116 Å². The van der Waals surface area contributed by atoms with Crippen molar-refractivity contribution in [1.29, 1.82) is 0 Å². The number of phenols is 2. The quantitative estimate of drug-likeness (QED) is 0.174. The third-order valence-corrected chi connectivity index (χ3v) is 11.0. The fraction of sp³-hybridized carbons (Fsp3) is 0.208. The van der Waals surface area contributed by atoms with Crippen molar-refractivity contribution in [2.24, 2.45) is 0 Å². The van der Waals surface area contributed by atoms with E-state index >= 15 is 0 Å². The molecule has 7 nitrogen and oxygen atoms in total. The van der Waals surface area contributed by atoms with Gasteiger partial charge in [-0.15, -0.1) is 0 Å². The number of cyclic esters (lactones) is 1. The molecule has 0 saturated heterocycles. The highest BCUT2D eigenvalue weighted by Gasteiger charge is 2.53. The maximum absolute atomic E-state index is 13.1. The van der Waals surface area contributed by atoms with Gasteiger partial charge in [0, 0.05) is 33.4 Å². The van der Waals surface area contributed by atoms with Crippen molar-refractivity contribution < 1.29 is 34.0 Å². The summed E-state index contributed by atoms with van der Waals surface area (Å²) in [4.78, 5) is 25.6. The molecule has 0 saturated carbocycles. The Balaban J connectivity index is 0.000000163. The number of hydrogen-bond acceptors (Lipinski definition) is 7. The van der Waals surface area contributed by atoms with E-state index in [4.69, 9.17) is 14.2 Å². The molecule has 276 valence electrons. The van der Waals surface area contributed by atoms with Crippen LogP contribution < -0.4 is 4.74 Å². The van der Waals surface area contributed by atoms with E-state index in [1.807, 2.05) is 145 Å². The lowest BCUT2D eigenvalue weighted by Crippen LogP contribution is -2.32. The molecular formula is C48H42O7. The largest absolute Gasteiger partial charge is 0.508 e. The summed E-state index contributed by atoms with van der Waals surface area (Å²) in [5, 5.41) is 21.2. The Kier molecular flexibility index (Phi) is 8.56. The van der Waals surface area contributed by atoms with Gasteiger partial charge in [-0.25, -0.2) is 9.59 Å². The average Bonchev–Trinajstić information content (AvgIpc) is 3.63. The van der Waals surface area contributed by atoms with Crippen LogP contribution in [0, 0.1) is 13.8 Å². The van der Waals surface area contributed by atoms with Gasteiger partial charge in [-0.1, -0.05) is 100 Å². The molecule has 6 aromatic rings. The summed E-state index contributed by atoms with van der Waals surface area (Å²) in [5.74, 6) is 1.41. The number of para-hydroxylation sites is 2. The molecule has 0 atom stereocenters. The van der Waals surface area contributed by atoms with Crippen LogP contribution in [0.25, 0.3) is 0 Å². The summed E-state index contributed by atoms with van der Waals surface area (Å²) < 4.78 is 18.3. The minimum atomic E-state index is -1.17. The highest BCUT2D eigenvalue weighted by Crippen LogP contribution is 2.56. The van der Waals surface area contributed by atoms with Gasteiger partial charge in [0.15, 0.2) is 11.2 Å². The molecule has 0 radical (unpaired) electrons. The predicted octanol–water partition coefficient (Wildman–Crippen LogP) is 10.7. The average molecular weight is 731 g/mol. The first-order chi connectivity index (χ1) is 26.4. The Bertz CT molecular complexity index is 2420. The maximum Gasteiger partial charge on any atom is 0.340 e. The molecule has 2 N–H and O–H groups in total. The number of benzene rings is 6. The van der Waals surface area contributed by atoms with Gasteiger partial charge in [0.25, 0.3) is 0 Å². The molecular weight excluding hydrogens is 689 g/mol. The van der Waals surface area contributed by atoms with Crippen molar-refractivity contribution in [3.05, 3.63) is 188 Å².